The molecule has 1 aromatic heterocycles. The van der Waals surface area contributed by atoms with Gasteiger partial charge in [0.1, 0.15) is 10.6 Å². The lowest BCUT2D eigenvalue weighted by Crippen LogP contribution is -2.51. The molecular formula is C13H21ClN2O2S. The predicted molar refractivity (Wildman–Crippen MR) is 80.8 cm³/mol. The molecular weight excluding hydrogens is 284 g/mol. The van der Waals surface area contributed by atoms with Crippen LogP contribution in [0.15, 0.2) is 6.07 Å². The highest BCUT2D eigenvalue weighted by molar-refractivity contribution is 7.14. The van der Waals surface area contributed by atoms with Crippen LogP contribution in [-0.4, -0.2) is 31.6 Å². The van der Waals surface area contributed by atoms with Crippen molar-refractivity contribution in [2.24, 2.45) is 0 Å². The van der Waals surface area contributed by atoms with E-state index in [2.05, 4.69) is 17.6 Å². The number of thiophene rings is 1. The van der Waals surface area contributed by atoms with Gasteiger partial charge < -0.3 is 15.4 Å². The number of nitrogens with one attached hydrogen (secondary N) is 2. The van der Waals surface area contributed by atoms with Crippen LogP contribution in [0.3, 0.4) is 0 Å². The van der Waals surface area contributed by atoms with Crippen LogP contribution in [0.1, 0.15) is 34.3 Å². The minimum absolute atomic E-state index is 0. The third-order valence-corrected chi connectivity index (χ3v) is 4.36. The van der Waals surface area contributed by atoms with Gasteiger partial charge in [0.2, 0.25) is 0 Å². The standard InChI is InChI=1S/C13H20N2O2S.ClH/c1-8-7-11(17-3)12(18-8)13(16)15-10-5-4-6-14-9(10)2;/h7,9-10,14H,4-6H2,1-3H3,(H,15,16);1H. The Hall–Kier alpha value is -0.780. The van der Waals surface area contributed by atoms with Crippen molar-refractivity contribution in [3.8, 4) is 5.75 Å². The van der Waals surface area contributed by atoms with Crippen molar-refractivity contribution in [2.75, 3.05) is 13.7 Å². The lowest BCUT2D eigenvalue weighted by atomic mass is 10.00. The molecule has 2 unspecified atom stereocenters. The summed E-state index contributed by atoms with van der Waals surface area (Å²) in [7, 11) is 1.60. The molecule has 0 saturated carbocycles. The van der Waals surface area contributed by atoms with Gasteiger partial charge in [-0.1, -0.05) is 0 Å². The normalized spacial score (nSPS) is 22.5. The molecule has 1 fully saturated rings. The number of hydrogen-bond donors (Lipinski definition) is 2. The fraction of sp³-hybridized carbons (Fsp3) is 0.615. The highest BCUT2D eigenvalue weighted by Crippen LogP contribution is 2.28. The minimum atomic E-state index is -0.0227. The van der Waals surface area contributed by atoms with Crippen molar-refractivity contribution in [2.45, 2.75) is 38.8 Å². The first-order valence-electron chi connectivity index (χ1n) is 6.30. The number of amides is 1. The van der Waals surface area contributed by atoms with E-state index >= 15 is 0 Å². The highest BCUT2D eigenvalue weighted by Gasteiger charge is 2.25. The van der Waals surface area contributed by atoms with E-state index in [1.54, 1.807) is 7.11 Å². The summed E-state index contributed by atoms with van der Waals surface area (Å²) in [4.78, 5) is 14.0. The van der Waals surface area contributed by atoms with Gasteiger partial charge in [-0.2, -0.15) is 0 Å². The zero-order valence-corrected chi connectivity index (χ0v) is 13.1. The Bertz CT molecular complexity index is 436. The van der Waals surface area contributed by atoms with Gasteiger partial charge in [-0.05, 0) is 39.3 Å². The summed E-state index contributed by atoms with van der Waals surface area (Å²) in [5.74, 6) is 0.650. The van der Waals surface area contributed by atoms with E-state index in [0.717, 1.165) is 24.3 Å². The van der Waals surface area contributed by atoms with E-state index < -0.39 is 0 Å². The Morgan fingerprint density at radius 3 is 2.95 bits per heavy atom. The number of methoxy groups -OCH3 is 1. The quantitative estimate of drug-likeness (QED) is 0.901. The molecule has 1 aliphatic rings. The second-order valence-electron chi connectivity index (χ2n) is 4.72. The van der Waals surface area contributed by atoms with Crippen molar-refractivity contribution < 1.29 is 9.53 Å². The van der Waals surface area contributed by atoms with E-state index in [-0.39, 0.29) is 24.4 Å². The number of ether oxygens (including phenoxy) is 1. The second-order valence-corrected chi connectivity index (χ2v) is 5.98. The van der Waals surface area contributed by atoms with Crippen LogP contribution < -0.4 is 15.4 Å². The molecule has 1 amide bonds. The van der Waals surface area contributed by atoms with E-state index in [1.165, 1.54) is 11.3 Å². The number of aryl methyl sites for hydroxylation is 1. The number of piperidine rings is 1. The lowest BCUT2D eigenvalue weighted by Gasteiger charge is -2.30. The largest absolute Gasteiger partial charge is 0.495 e. The monoisotopic (exact) mass is 304 g/mol. The van der Waals surface area contributed by atoms with Crippen molar-refractivity contribution in [3.63, 3.8) is 0 Å². The van der Waals surface area contributed by atoms with Crippen LogP contribution in [0.25, 0.3) is 0 Å². The number of carbonyl (C=O) groups excluding carboxylic acids is 1. The van der Waals surface area contributed by atoms with E-state index in [9.17, 15) is 4.79 Å². The van der Waals surface area contributed by atoms with Gasteiger partial charge in [0, 0.05) is 17.0 Å². The van der Waals surface area contributed by atoms with E-state index in [0.29, 0.717) is 16.7 Å². The average Bonchev–Trinajstić information content (AvgIpc) is 2.73. The number of halogens is 1. The van der Waals surface area contributed by atoms with Gasteiger partial charge in [-0.25, -0.2) is 0 Å². The minimum Gasteiger partial charge on any atom is -0.495 e. The Balaban J connectivity index is 0.00000180. The molecule has 0 aromatic carbocycles. The Morgan fingerprint density at radius 1 is 1.58 bits per heavy atom. The summed E-state index contributed by atoms with van der Waals surface area (Å²) in [5.41, 5.74) is 0. The molecule has 2 N–H and O–H groups in total. The first-order chi connectivity index (χ1) is 8.61. The molecule has 0 spiro atoms. The van der Waals surface area contributed by atoms with Crippen LogP contribution in [0.4, 0.5) is 0 Å². The van der Waals surface area contributed by atoms with Gasteiger partial charge in [0.25, 0.3) is 5.91 Å². The molecule has 1 aliphatic heterocycles. The maximum absolute atomic E-state index is 12.2. The molecule has 2 heterocycles. The van der Waals surface area contributed by atoms with Crippen molar-refractivity contribution >= 4 is 29.7 Å². The molecule has 6 heteroatoms. The molecule has 0 radical (unpaired) electrons. The van der Waals surface area contributed by atoms with Gasteiger partial charge in [0.15, 0.2) is 0 Å². The topological polar surface area (TPSA) is 50.4 Å². The fourth-order valence-corrected chi connectivity index (χ4v) is 3.16. The van der Waals surface area contributed by atoms with Crippen LogP contribution in [-0.2, 0) is 0 Å². The molecule has 0 aliphatic carbocycles. The number of hydrogen-bond acceptors (Lipinski definition) is 4. The van der Waals surface area contributed by atoms with E-state index in [1.807, 2.05) is 13.0 Å². The zero-order valence-electron chi connectivity index (χ0n) is 11.5. The maximum atomic E-state index is 12.2. The first kappa shape index (κ1) is 16.3. The second kappa shape index (κ2) is 7.12. The Morgan fingerprint density at radius 2 is 2.32 bits per heavy atom. The molecule has 4 nitrogen and oxygen atoms in total. The zero-order chi connectivity index (χ0) is 13.1. The van der Waals surface area contributed by atoms with Crippen LogP contribution >= 0.6 is 23.7 Å². The van der Waals surface area contributed by atoms with E-state index in [4.69, 9.17) is 4.74 Å². The maximum Gasteiger partial charge on any atom is 0.265 e. The third kappa shape index (κ3) is 3.84. The molecule has 1 aromatic rings. The summed E-state index contributed by atoms with van der Waals surface area (Å²) in [6.45, 7) is 5.13. The smallest absolute Gasteiger partial charge is 0.265 e. The first-order valence-corrected chi connectivity index (χ1v) is 7.12. The fourth-order valence-electron chi connectivity index (χ4n) is 2.28. The van der Waals surface area contributed by atoms with Crippen molar-refractivity contribution in [1.82, 2.24) is 10.6 Å². The molecule has 108 valence electrons. The third-order valence-electron chi connectivity index (χ3n) is 3.33. The molecule has 2 atom stereocenters. The van der Waals surface area contributed by atoms with Crippen molar-refractivity contribution in [1.29, 1.82) is 0 Å². The summed E-state index contributed by atoms with van der Waals surface area (Å²) in [5, 5.41) is 6.48. The van der Waals surface area contributed by atoms with Crippen LogP contribution in [0.2, 0.25) is 0 Å². The number of carbonyl (C=O) groups is 1. The van der Waals surface area contributed by atoms with Gasteiger partial charge in [-0.3, -0.25) is 4.79 Å². The Labute approximate surface area is 124 Å². The molecule has 2 rings (SSSR count). The van der Waals surface area contributed by atoms with Gasteiger partial charge in [-0.15, -0.1) is 23.7 Å². The summed E-state index contributed by atoms with van der Waals surface area (Å²) in [6.07, 6.45) is 2.14. The molecule has 1 saturated heterocycles. The Kier molecular flexibility index (Phi) is 6.10. The average molecular weight is 305 g/mol. The van der Waals surface area contributed by atoms with Crippen LogP contribution in [0.5, 0.6) is 5.75 Å². The molecule has 0 bridgehead atoms. The highest BCUT2D eigenvalue weighted by atomic mass is 35.5. The van der Waals surface area contributed by atoms with Gasteiger partial charge in [0.05, 0.1) is 7.11 Å². The number of rotatable bonds is 3. The van der Waals surface area contributed by atoms with Crippen molar-refractivity contribution in [3.05, 3.63) is 15.8 Å². The summed E-state index contributed by atoms with van der Waals surface area (Å²) >= 11 is 1.48. The SMILES string of the molecule is COc1cc(C)sc1C(=O)NC1CCCNC1C.Cl. The summed E-state index contributed by atoms with van der Waals surface area (Å²) < 4.78 is 5.24. The van der Waals surface area contributed by atoms with Crippen LogP contribution in [0, 0.1) is 6.92 Å². The lowest BCUT2D eigenvalue weighted by molar-refractivity contribution is 0.0921. The predicted octanol–water partition coefficient (Wildman–Crippen LogP) is 2.36. The van der Waals surface area contributed by atoms with Gasteiger partial charge >= 0.3 is 0 Å². The summed E-state index contributed by atoms with van der Waals surface area (Å²) in [6, 6.07) is 2.44. The molecule has 19 heavy (non-hydrogen) atoms.